The van der Waals surface area contributed by atoms with Crippen molar-refractivity contribution in [3.63, 3.8) is 0 Å². The van der Waals surface area contributed by atoms with Gasteiger partial charge in [0, 0.05) is 37.3 Å². The van der Waals surface area contributed by atoms with E-state index in [1.54, 1.807) is 24.3 Å². The van der Waals surface area contributed by atoms with Gasteiger partial charge in [0.05, 0.1) is 22.2 Å². The van der Waals surface area contributed by atoms with Crippen molar-refractivity contribution in [2.75, 3.05) is 30.5 Å². The van der Waals surface area contributed by atoms with Crippen LogP contribution in [-0.4, -0.2) is 54.0 Å². The molecular formula is C27H27Cl2N5O5S. The largest absolute Gasteiger partial charge is 0.493 e. The molecule has 0 aliphatic heterocycles. The number of sulfone groups is 1. The number of amides is 1. The zero-order chi connectivity index (χ0) is 28.3. The maximum absolute atomic E-state index is 11.9. The number of carbonyl (C=O) groups is 1. The number of aromatic nitrogens is 3. The molecule has 13 heteroatoms. The monoisotopic (exact) mass is 603 g/mol. The van der Waals surface area contributed by atoms with Gasteiger partial charge in [-0.05, 0) is 49.1 Å². The Morgan fingerprint density at radius 1 is 1.10 bits per heavy atom. The third kappa shape index (κ3) is 7.35. The molecule has 40 heavy (non-hydrogen) atoms. The first-order valence-electron chi connectivity index (χ1n) is 12.6. The summed E-state index contributed by atoms with van der Waals surface area (Å²) in [5.41, 5.74) is 1.95. The van der Waals surface area contributed by atoms with Crippen molar-refractivity contribution in [1.82, 2.24) is 19.9 Å². The number of ether oxygens (including phenoxy) is 2. The molecule has 5 rings (SSSR count). The van der Waals surface area contributed by atoms with E-state index in [9.17, 15) is 13.2 Å². The molecule has 10 nitrogen and oxygen atoms in total. The van der Waals surface area contributed by atoms with Crippen LogP contribution in [0.1, 0.15) is 12.8 Å². The van der Waals surface area contributed by atoms with Crippen LogP contribution >= 0.6 is 23.2 Å². The fraction of sp³-hybridized carbons (Fsp3) is 0.296. The van der Waals surface area contributed by atoms with E-state index in [1.165, 1.54) is 19.2 Å². The third-order valence-corrected chi connectivity index (χ3v) is 7.44. The van der Waals surface area contributed by atoms with Crippen molar-refractivity contribution in [2.24, 2.45) is 5.92 Å². The maximum Gasteiger partial charge on any atom is 0.235 e. The van der Waals surface area contributed by atoms with Gasteiger partial charge in [0.2, 0.25) is 5.91 Å². The van der Waals surface area contributed by atoms with Crippen LogP contribution in [0.3, 0.4) is 0 Å². The molecule has 2 aromatic heterocycles. The smallest absolute Gasteiger partial charge is 0.235 e. The molecule has 0 bridgehead atoms. The molecule has 1 fully saturated rings. The maximum atomic E-state index is 11.9. The molecule has 1 saturated carbocycles. The normalized spacial score (nSPS) is 13.3. The average Bonchev–Trinajstić information content (AvgIpc) is 3.63. The van der Waals surface area contributed by atoms with Crippen LogP contribution in [0.25, 0.3) is 11.0 Å². The Bertz CT molecular complexity index is 1630. The van der Waals surface area contributed by atoms with Gasteiger partial charge >= 0.3 is 0 Å². The Labute approximate surface area is 241 Å². The lowest BCUT2D eigenvalue weighted by atomic mass is 10.2. The number of hydrogen-bond donors (Lipinski definition) is 2. The first kappa shape index (κ1) is 28.0. The minimum absolute atomic E-state index is 0.225. The Hall–Kier alpha value is -3.54. The summed E-state index contributed by atoms with van der Waals surface area (Å²) in [5.74, 6) is 1.61. The van der Waals surface area contributed by atoms with Crippen molar-refractivity contribution in [2.45, 2.75) is 19.4 Å². The summed E-state index contributed by atoms with van der Waals surface area (Å²) in [6.07, 6.45) is 6.68. The molecule has 210 valence electrons. The first-order chi connectivity index (χ1) is 19.1. The predicted molar refractivity (Wildman–Crippen MR) is 155 cm³/mol. The van der Waals surface area contributed by atoms with Gasteiger partial charge in [-0.25, -0.2) is 18.4 Å². The van der Waals surface area contributed by atoms with Gasteiger partial charge in [-0.2, -0.15) is 0 Å². The van der Waals surface area contributed by atoms with Crippen molar-refractivity contribution >= 4 is 61.5 Å². The van der Waals surface area contributed by atoms with E-state index in [-0.39, 0.29) is 6.54 Å². The molecular weight excluding hydrogens is 577 g/mol. The number of hydrogen-bond acceptors (Lipinski definition) is 8. The minimum Gasteiger partial charge on any atom is -0.493 e. The summed E-state index contributed by atoms with van der Waals surface area (Å²) in [7, 11) is -3.40. The molecule has 0 spiro atoms. The van der Waals surface area contributed by atoms with Gasteiger partial charge in [0.25, 0.3) is 0 Å². The molecule has 4 aromatic rings. The van der Waals surface area contributed by atoms with Gasteiger partial charge in [0.15, 0.2) is 21.4 Å². The zero-order valence-electron chi connectivity index (χ0n) is 21.6. The molecule has 0 unspecified atom stereocenters. The lowest BCUT2D eigenvalue weighted by Crippen LogP contribution is -2.32. The summed E-state index contributed by atoms with van der Waals surface area (Å²) < 4.78 is 36.3. The highest BCUT2D eigenvalue weighted by Gasteiger charge is 2.22. The van der Waals surface area contributed by atoms with E-state index in [1.807, 2.05) is 29.0 Å². The molecule has 1 amide bonds. The van der Waals surface area contributed by atoms with Gasteiger partial charge in [0.1, 0.15) is 29.1 Å². The van der Waals surface area contributed by atoms with Crippen molar-refractivity contribution < 1.29 is 22.7 Å². The van der Waals surface area contributed by atoms with Crippen LogP contribution in [0.5, 0.6) is 17.2 Å². The number of carbonyl (C=O) groups excluding carboxylic acids is 1. The predicted octanol–water partition coefficient (Wildman–Crippen LogP) is 5.22. The summed E-state index contributed by atoms with van der Waals surface area (Å²) in [6.45, 7) is 1.30. The van der Waals surface area contributed by atoms with Gasteiger partial charge in [-0.3, -0.25) is 4.79 Å². The molecule has 2 aromatic carbocycles. The Morgan fingerprint density at radius 2 is 1.85 bits per heavy atom. The van der Waals surface area contributed by atoms with Crippen LogP contribution in [0, 0.1) is 5.92 Å². The topological polar surface area (TPSA) is 124 Å². The van der Waals surface area contributed by atoms with Crippen molar-refractivity contribution in [3.8, 4) is 17.2 Å². The molecule has 0 atom stereocenters. The number of rotatable bonds is 12. The third-order valence-electron chi connectivity index (χ3n) is 6.09. The van der Waals surface area contributed by atoms with E-state index >= 15 is 0 Å². The second-order valence-electron chi connectivity index (χ2n) is 9.61. The average molecular weight is 605 g/mol. The number of anilines is 2. The number of halogens is 2. The van der Waals surface area contributed by atoms with Gasteiger partial charge in [-0.1, -0.05) is 29.3 Å². The fourth-order valence-electron chi connectivity index (χ4n) is 4.03. The highest BCUT2D eigenvalue weighted by atomic mass is 35.5. The summed E-state index contributed by atoms with van der Waals surface area (Å²) >= 11 is 13.1. The number of nitrogens with zero attached hydrogens (tertiary/aromatic N) is 3. The van der Waals surface area contributed by atoms with Gasteiger partial charge < -0.3 is 24.7 Å². The highest BCUT2D eigenvalue weighted by Crippen LogP contribution is 2.40. The quantitative estimate of drug-likeness (QED) is 0.226. The fourth-order valence-corrected chi connectivity index (χ4v) is 5.17. The van der Waals surface area contributed by atoms with Crippen LogP contribution in [0.4, 0.5) is 11.5 Å². The number of nitrogens with one attached hydrogen (secondary N) is 2. The van der Waals surface area contributed by atoms with E-state index < -0.39 is 21.5 Å². The van der Waals surface area contributed by atoms with Crippen LogP contribution in [-0.2, 0) is 21.2 Å². The van der Waals surface area contributed by atoms with E-state index in [0.29, 0.717) is 63.2 Å². The number of fused-ring (bicyclic) bond motifs is 1. The SMILES string of the molecule is CS(=O)(=O)CC(=O)NCCn1ccc2ncnc(Nc3cc(Cl)c(Oc4cccc(OCC5CC5)c4)c(Cl)c3)c21. The molecule has 1 aliphatic carbocycles. The molecule has 0 radical (unpaired) electrons. The van der Waals surface area contributed by atoms with Crippen LogP contribution < -0.4 is 20.1 Å². The molecule has 0 saturated heterocycles. The lowest BCUT2D eigenvalue weighted by Gasteiger charge is -2.14. The van der Waals surface area contributed by atoms with E-state index in [4.69, 9.17) is 32.7 Å². The molecule has 2 heterocycles. The van der Waals surface area contributed by atoms with Crippen LogP contribution in [0.2, 0.25) is 10.0 Å². The van der Waals surface area contributed by atoms with Crippen molar-refractivity contribution in [3.05, 3.63) is 65.0 Å². The van der Waals surface area contributed by atoms with Crippen LogP contribution in [0.15, 0.2) is 55.0 Å². The zero-order valence-corrected chi connectivity index (χ0v) is 23.9. The standard InChI is InChI=1S/C27H27Cl2N5O5S/c1-40(36,37)15-24(35)30-8-10-34-9-7-23-25(34)27(32-16-31-23)33-18-11-21(28)26(22(29)12-18)39-20-4-2-3-19(13-20)38-14-17-5-6-17/h2-4,7,9,11-13,16-17H,5-6,8,10,14-15H2,1H3,(H,30,35)(H,31,32,33). The van der Waals surface area contributed by atoms with Gasteiger partial charge in [-0.15, -0.1) is 0 Å². The minimum atomic E-state index is -3.40. The lowest BCUT2D eigenvalue weighted by molar-refractivity contribution is -0.118. The summed E-state index contributed by atoms with van der Waals surface area (Å²) in [5, 5.41) is 6.45. The van der Waals surface area contributed by atoms with Crippen molar-refractivity contribution in [1.29, 1.82) is 0 Å². The molecule has 2 N–H and O–H groups in total. The summed E-state index contributed by atoms with van der Waals surface area (Å²) in [4.78, 5) is 20.5. The molecule has 1 aliphatic rings. The highest BCUT2D eigenvalue weighted by molar-refractivity contribution is 7.91. The Balaban J connectivity index is 1.29. The Morgan fingerprint density at radius 3 is 2.58 bits per heavy atom. The second kappa shape index (κ2) is 11.9. The second-order valence-corrected chi connectivity index (χ2v) is 12.6. The van der Waals surface area contributed by atoms with E-state index in [2.05, 4.69) is 20.6 Å². The number of benzene rings is 2. The van der Waals surface area contributed by atoms with E-state index in [0.717, 1.165) is 12.0 Å². The summed E-state index contributed by atoms with van der Waals surface area (Å²) in [6, 6.07) is 12.5. The Kier molecular flexibility index (Phi) is 8.34. The first-order valence-corrected chi connectivity index (χ1v) is 15.4.